The molecule has 0 aliphatic carbocycles. The quantitative estimate of drug-likeness (QED) is 0.269. The molecule has 2 atom stereocenters. The first kappa shape index (κ1) is 26.6. The molecule has 0 aliphatic heterocycles. The monoisotopic (exact) mass is 532 g/mol. The normalized spacial score (nSPS) is 14.5. The molecule has 2 unspecified atom stereocenters. The van der Waals surface area contributed by atoms with E-state index in [1.807, 2.05) is 0 Å². The molecule has 2 nitrogen and oxygen atoms in total. The molecule has 33 heavy (non-hydrogen) atoms. The maximum Gasteiger partial charge on any atom is 0.224 e. The van der Waals surface area contributed by atoms with Crippen molar-refractivity contribution in [2.75, 3.05) is 5.08 Å². The summed E-state index contributed by atoms with van der Waals surface area (Å²) in [7, 11) is -6.21. The van der Waals surface area contributed by atoms with E-state index in [4.69, 9.17) is 0 Å². The van der Waals surface area contributed by atoms with Crippen molar-refractivity contribution in [2.24, 2.45) is 0 Å². The molecule has 0 saturated carbocycles. The lowest BCUT2D eigenvalue weighted by atomic mass is 10.1. The summed E-state index contributed by atoms with van der Waals surface area (Å²) in [5, 5.41) is -3.96. The van der Waals surface area contributed by atoms with Crippen molar-refractivity contribution in [1.82, 2.24) is 0 Å². The van der Waals surface area contributed by atoms with Crippen LogP contribution in [0, 0.1) is 58.2 Å². The van der Waals surface area contributed by atoms with Crippen molar-refractivity contribution in [3.63, 3.8) is 0 Å². The lowest BCUT2D eigenvalue weighted by Gasteiger charge is -2.07. The Morgan fingerprint density at radius 2 is 0.970 bits per heavy atom. The lowest BCUT2D eigenvalue weighted by molar-refractivity contribution is 0.374. The highest BCUT2D eigenvalue weighted by Crippen LogP contribution is 2.32. The van der Waals surface area contributed by atoms with E-state index < -0.39 is 107 Å². The summed E-state index contributed by atoms with van der Waals surface area (Å²) in [5.41, 5.74) is -3.99. The van der Waals surface area contributed by atoms with E-state index in [2.05, 4.69) is 0 Å². The van der Waals surface area contributed by atoms with Crippen molar-refractivity contribution in [3.8, 4) is 0 Å². The van der Waals surface area contributed by atoms with Gasteiger partial charge in [0.25, 0.3) is 0 Å². The topological polar surface area (TPSA) is 34.1 Å². The Bertz CT molecular complexity index is 1200. The molecule has 0 fully saturated rings. The SMILES string of the molecule is O=S(C=Cc1c(F)c(F)c(F)c(F)c1F)CS(=O)C(F)=C(F)c1c(F)c(F)c(F)c(F)c1F. The largest absolute Gasteiger partial charge is 0.254 e. The van der Waals surface area contributed by atoms with E-state index in [0.29, 0.717) is 0 Å². The number of halogens is 12. The molecule has 0 spiro atoms. The van der Waals surface area contributed by atoms with Gasteiger partial charge in [-0.25, -0.2) is 48.3 Å². The van der Waals surface area contributed by atoms with Crippen molar-refractivity contribution < 1.29 is 61.1 Å². The van der Waals surface area contributed by atoms with Crippen LogP contribution in [0.3, 0.4) is 0 Å². The van der Waals surface area contributed by atoms with Crippen molar-refractivity contribution >= 4 is 33.5 Å². The van der Waals surface area contributed by atoms with Gasteiger partial charge in [0.15, 0.2) is 52.4 Å². The maximum absolute atomic E-state index is 14.0. The lowest BCUT2D eigenvalue weighted by Crippen LogP contribution is -2.09. The number of hydrogen-bond donors (Lipinski definition) is 0. The zero-order valence-corrected chi connectivity index (χ0v) is 16.7. The van der Waals surface area contributed by atoms with Crippen LogP contribution in [0.25, 0.3) is 11.9 Å². The van der Waals surface area contributed by atoms with E-state index in [-0.39, 0.29) is 11.5 Å². The van der Waals surface area contributed by atoms with Gasteiger partial charge in [-0.05, 0) is 6.08 Å². The van der Waals surface area contributed by atoms with Gasteiger partial charge in [-0.2, -0.15) is 4.39 Å². The fourth-order valence-corrected chi connectivity index (χ4v) is 4.27. The average molecular weight is 532 g/mol. The predicted octanol–water partition coefficient (Wildman–Crippen LogP) is 5.77. The van der Waals surface area contributed by atoms with Gasteiger partial charge in [-0.1, -0.05) is 0 Å². The van der Waals surface area contributed by atoms with E-state index in [9.17, 15) is 61.1 Å². The molecule has 0 N–H and O–H groups in total. The third-order valence-electron chi connectivity index (χ3n) is 3.66. The van der Waals surface area contributed by atoms with Gasteiger partial charge in [0.05, 0.1) is 32.7 Å². The first-order valence-corrected chi connectivity index (χ1v) is 10.4. The Balaban J connectivity index is 2.35. The van der Waals surface area contributed by atoms with E-state index >= 15 is 0 Å². The molecule has 180 valence electrons. The van der Waals surface area contributed by atoms with Crippen LogP contribution >= 0.6 is 0 Å². The zero-order valence-electron chi connectivity index (χ0n) is 15.0. The first-order valence-electron chi connectivity index (χ1n) is 7.74. The fraction of sp³-hybridized carbons (Fsp3) is 0.0588. The second-order valence-electron chi connectivity index (χ2n) is 5.66. The van der Waals surface area contributed by atoms with Crippen LogP contribution in [0.5, 0.6) is 0 Å². The van der Waals surface area contributed by atoms with Crippen LogP contribution in [0.2, 0.25) is 0 Å². The maximum atomic E-state index is 14.0. The highest BCUT2D eigenvalue weighted by molar-refractivity contribution is 8.05. The molecule has 0 radical (unpaired) electrons. The molecule has 0 aliphatic rings. The Hall–Kier alpha value is -2.62. The van der Waals surface area contributed by atoms with Crippen LogP contribution in [0.1, 0.15) is 11.1 Å². The molecule has 0 saturated heterocycles. The Morgan fingerprint density at radius 3 is 1.39 bits per heavy atom. The molecular weight excluding hydrogens is 528 g/mol. The summed E-state index contributed by atoms with van der Waals surface area (Å²) in [6.45, 7) is 0. The molecular formula is C17H4F12O2S2. The Kier molecular flexibility index (Phi) is 8.16. The van der Waals surface area contributed by atoms with Crippen molar-refractivity contribution in [1.29, 1.82) is 0 Å². The Labute approximate surface area is 180 Å². The van der Waals surface area contributed by atoms with Gasteiger partial charge in [0.2, 0.25) is 16.8 Å². The van der Waals surface area contributed by atoms with E-state index in [1.165, 1.54) is 0 Å². The zero-order chi connectivity index (χ0) is 25.4. The van der Waals surface area contributed by atoms with Crippen LogP contribution in [-0.4, -0.2) is 13.5 Å². The molecule has 0 aromatic heterocycles. The van der Waals surface area contributed by atoms with Gasteiger partial charge >= 0.3 is 0 Å². The van der Waals surface area contributed by atoms with Crippen LogP contribution < -0.4 is 0 Å². The van der Waals surface area contributed by atoms with E-state index in [0.717, 1.165) is 0 Å². The molecule has 16 heteroatoms. The number of hydrogen-bond acceptors (Lipinski definition) is 2. The average Bonchev–Trinajstić information content (AvgIpc) is 2.78. The third kappa shape index (κ3) is 5.00. The minimum absolute atomic E-state index is 0.0750. The van der Waals surface area contributed by atoms with E-state index in [1.54, 1.807) is 0 Å². The summed E-state index contributed by atoms with van der Waals surface area (Å²) in [6.07, 6.45) is 0.0750. The van der Waals surface area contributed by atoms with Crippen LogP contribution in [0.15, 0.2) is 10.6 Å². The highest BCUT2D eigenvalue weighted by atomic mass is 32.2. The summed E-state index contributed by atoms with van der Waals surface area (Å²) >= 11 is 0. The first-order chi connectivity index (χ1) is 15.2. The minimum atomic E-state index is -3.42. The van der Waals surface area contributed by atoms with Crippen molar-refractivity contribution in [3.05, 3.63) is 79.9 Å². The predicted molar refractivity (Wildman–Crippen MR) is 91.8 cm³/mol. The summed E-state index contributed by atoms with van der Waals surface area (Å²) in [5.74, 6) is -28.3. The molecule has 0 heterocycles. The number of rotatable bonds is 6. The molecule has 2 aromatic carbocycles. The summed E-state index contributed by atoms with van der Waals surface area (Å²) in [6, 6.07) is 0. The smallest absolute Gasteiger partial charge is 0.224 e. The van der Waals surface area contributed by atoms with Gasteiger partial charge in [0.1, 0.15) is 5.08 Å². The fourth-order valence-electron chi connectivity index (χ4n) is 2.10. The van der Waals surface area contributed by atoms with Crippen LogP contribution in [0.4, 0.5) is 52.7 Å². The summed E-state index contributed by atoms with van der Waals surface area (Å²) < 4.78 is 184. The molecule has 2 aromatic rings. The van der Waals surface area contributed by atoms with Gasteiger partial charge < -0.3 is 0 Å². The minimum Gasteiger partial charge on any atom is -0.254 e. The van der Waals surface area contributed by atoms with Crippen molar-refractivity contribution in [2.45, 2.75) is 0 Å². The second kappa shape index (κ2) is 10.1. The second-order valence-corrected chi connectivity index (χ2v) is 8.69. The van der Waals surface area contributed by atoms with Gasteiger partial charge in [0, 0.05) is 5.41 Å². The third-order valence-corrected chi connectivity index (χ3v) is 6.46. The van der Waals surface area contributed by atoms with Crippen LogP contribution in [-0.2, 0) is 21.6 Å². The molecule has 2 rings (SSSR count). The summed E-state index contributed by atoms with van der Waals surface area (Å²) in [4.78, 5) is 0. The van der Waals surface area contributed by atoms with Gasteiger partial charge in [-0.3, -0.25) is 8.42 Å². The Morgan fingerprint density at radius 1 is 0.606 bits per heavy atom. The molecule has 0 bridgehead atoms. The highest BCUT2D eigenvalue weighted by Gasteiger charge is 2.31. The standard InChI is InChI=1S/C17H4F12O2S2/c18-6-4(7(19)12(24)15(27)11(6)23)1-2-32(30)3-33(31)17(29)10(22)5-8(20)13(25)16(28)14(26)9(5)21/h1-2H,3H2. The van der Waals surface area contributed by atoms with Gasteiger partial charge in [-0.15, -0.1) is 0 Å². The molecule has 0 amide bonds. The number of benzene rings is 2.